The number of hydrogen-bond donors (Lipinski definition) is 1. The SMILES string of the molecule is CN(C(=O)C1CCSCC1)[C@@H](c1ccc(NC2Cc3cccc(C(F)(F)F)c3C2)cn1)C(F)(F)F. The normalized spacial score (nSPS) is 19.8. The van der Waals surface area contributed by atoms with Crippen LogP contribution in [0.3, 0.4) is 0 Å². The summed E-state index contributed by atoms with van der Waals surface area (Å²) in [5.41, 5.74) is 0.267. The monoisotopic (exact) mass is 517 g/mol. The minimum atomic E-state index is -4.71. The Labute approximate surface area is 203 Å². The van der Waals surface area contributed by atoms with Gasteiger partial charge in [0.1, 0.15) is 0 Å². The highest BCUT2D eigenvalue weighted by Crippen LogP contribution is 2.39. The minimum absolute atomic E-state index is 0.148. The van der Waals surface area contributed by atoms with E-state index < -0.39 is 35.8 Å². The molecule has 1 aliphatic carbocycles. The Morgan fingerprint density at radius 2 is 1.80 bits per heavy atom. The molecule has 1 saturated heterocycles. The molecule has 2 aliphatic rings. The number of aromatic nitrogens is 1. The molecule has 4 rings (SSSR count). The second-order valence-corrected chi connectivity index (χ2v) is 10.2. The molecule has 2 heterocycles. The number of pyridine rings is 1. The smallest absolute Gasteiger partial charge is 0.380 e. The molecule has 1 aromatic heterocycles. The Bertz CT molecular complexity index is 1050. The van der Waals surface area contributed by atoms with E-state index in [2.05, 4.69) is 10.3 Å². The first-order valence-corrected chi connectivity index (χ1v) is 12.4. The van der Waals surface area contributed by atoms with E-state index in [1.54, 1.807) is 17.8 Å². The maximum Gasteiger partial charge on any atom is 0.416 e. The van der Waals surface area contributed by atoms with Crippen LogP contribution in [0.5, 0.6) is 0 Å². The summed E-state index contributed by atoms with van der Waals surface area (Å²) in [6, 6.07) is 4.20. The van der Waals surface area contributed by atoms with Gasteiger partial charge in [0.2, 0.25) is 5.91 Å². The van der Waals surface area contributed by atoms with Crippen molar-refractivity contribution in [3.8, 4) is 0 Å². The highest BCUT2D eigenvalue weighted by molar-refractivity contribution is 7.99. The van der Waals surface area contributed by atoms with E-state index in [0.29, 0.717) is 30.5 Å². The molecule has 0 radical (unpaired) electrons. The van der Waals surface area contributed by atoms with Crippen molar-refractivity contribution in [3.05, 3.63) is 58.9 Å². The molecule has 1 aromatic carbocycles. The zero-order valence-corrected chi connectivity index (χ0v) is 19.7. The lowest BCUT2D eigenvalue weighted by molar-refractivity contribution is -0.191. The molecule has 0 bridgehead atoms. The van der Waals surface area contributed by atoms with Crippen molar-refractivity contribution in [2.45, 2.75) is 50.1 Å². The van der Waals surface area contributed by atoms with E-state index in [9.17, 15) is 31.1 Å². The first-order valence-electron chi connectivity index (χ1n) is 11.3. The summed E-state index contributed by atoms with van der Waals surface area (Å²) < 4.78 is 81.8. The molecule has 1 amide bonds. The van der Waals surface area contributed by atoms with Gasteiger partial charge >= 0.3 is 12.4 Å². The topological polar surface area (TPSA) is 45.2 Å². The number of alkyl halides is 6. The second kappa shape index (κ2) is 9.91. The van der Waals surface area contributed by atoms with Crippen molar-refractivity contribution in [1.29, 1.82) is 0 Å². The molecule has 4 nitrogen and oxygen atoms in total. The van der Waals surface area contributed by atoms with Gasteiger partial charge in [-0.25, -0.2) is 0 Å². The zero-order valence-electron chi connectivity index (χ0n) is 18.9. The Balaban J connectivity index is 1.47. The Hall–Kier alpha value is -2.43. The molecule has 35 heavy (non-hydrogen) atoms. The largest absolute Gasteiger partial charge is 0.416 e. The number of amides is 1. The predicted molar refractivity (Wildman–Crippen MR) is 122 cm³/mol. The zero-order chi connectivity index (χ0) is 25.4. The standard InChI is InChI=1S/C24H25F6N3OS/c1-33(22(34)14-7-9-35-10-8-14)21(24(28,29)30)20-6-5-16(13-31-20)32-17-11-15-3-2-4-19(18(15)12-17)23(25,26)27/h2-6,13-14,17,21,32H,7-12H2,1H3/t17?,21-/m0/s1. The van der Waals surface area contributed by atoms with Crippen LogP contribution in [0.15, 0.2) is 36.5 Å². The summed E-state index contributed by atoms with van der Waals surface area (Å²) >= 11 is 1.68. The second-order valence-electron chi connectivity index (χ2n) is 8.94. The van der Waals surface area contributed by atoms with Gasteiger partial charge in [0, 0.05) is 19.0 Å². The van der Waals surface area contributed by atoms with Gasteiger partial charge in [-0.05, 0) is 66.5 Å². The van der Waals surface area contributed by atoms with Crippen molar-refractivity contribution >= 4 is 23.4 Å². The molecular weight excluding hydrogens is 492 g/mol. The number of hydrogen-bond acceptors (Lipinski definition) is 4. The third-order valence-electron chi connectivity index (χ3n) is 6.55. The number of thioether (sulfide) groups is 1. The third kappa shape index (κ3) is 5.70. The summed E-state index contributed by atoms with van der Waals surface area (Å²) in [4.78, 5) is 17.5. The first-order chi connectivity index (χ1) is 16.4. The van der Waals surface area contributed by atoms with Crippen molar-refractivity contribution in [3.63, 3.8) is 0 Å². The van der Waals surface area contributed by atoms with Crippen LogP contribution in [0.4, 0.5) is 32.0 Å². The van der Waals surface area contributed by atoms with Crippen molar-refractivity contribution in [2.75, 3.05) is 23.9 Å². The van der Waals surface area contributed by atoms with E-state index in [1.165, 1.54) is 24.4 Å². The van der Waals surface area contributed by atoms with E-state index in [-0.39, 0.29) is 23.7 Å². The molecule has 2 atom stereocenters. The van der Waals surface area contributed by atoms with Gasteiger partial charge in [-0.2, -0.15) is 38.1 Å². The minimum Gasteiger partial charge on any atom is -0.380 e. The van der Waals surface area contributed by atoms with Gasteiger partial charge < -0.3 is 10.2 Å². The van der Waals surface area contributed by atoms with Gasteiger partial charge in [-0.3, -0.25) is 9.78 Å². The van der Waals surface area contributed by atoms with E-state index in [4.69, 9.17) is 0 Å². The van der Waals surface area contributed by atoms with Crippen LogP contribution < -0.4 is 5.32 Å². The Morgan fingerprint density at radius 3 is 2.40 bits per heavy atom. The molecule has 190 valence electrons. The lowest BCUT2D eigenvalue weighted by Gasteiger charge is -2.33. The molecule has 1 N–H and O–H groups in total. The fourth-order valence-corrected chi connectivity index (χ4v) is 5.96. The molecule has 1 fully saturated rings. The molecule has 1 aliphatic heterocycles. The summed E-state index contributed by atoms with van der Waals surface area (Å²) in [6.07, 6.45) is -6.31. The number of rotatable bonds is 5. The summed E-state index contributed by atoms with van der Waals surface area (Å²) in [6.45, 7) is 0. The van der Waals surface area contributed by atoms with E-state index in [1.807, 2.05) is 0 Å². The van der Waals surface area contributed by atoms with Gasteiger partial charge in [0.05, 0.1) is 23.1 Å². The number of benzene rings is 1. The number of fused-ring (bicyclic) bond motifs is 1. The van der Waals surface area contributed by atoms with Crippen LogP contribution in [0.2, 0.25) is 0 Å². The number of nitrogens with zero attached hydrogens (tertiary/aromatic N) is 2. The van der Waals surface area contributed by atoms with Gasteiger partial charge in [-0.1, -0.05) is 12.1 Å². The van der Waals surface area contributed by atoms with Crippen LogP contribution in [0.25, 0.3) is 0 Å². The van der Waals surface area contributed by atoms with E-state index in [0.717, 1.165) is 29.5 Å². The fraction of sp³-hybridized carbons (Fsp3) is 0.500. The van der Waals surface area contributed by atoms with Gasteiger partial charge in [0.15, 0.2) is 6.04 Å². The molecule has 1 unspecified atom stereocenters. The molecule has 0 saturated carbocycles. The van der Waals surface area contributed by atoms with Gasteiger partial charge in [-0.15, -0.1) is 0 Å². The maximum atomic E-state index is 14.0. The number of halogens is 6. The third-order valence-corrected chi connectivity index (χ3v) is 7.60. The summed E-state index contributed by atoms with van der Waals surface area (Å²) in [7, 11) is 1.16. The fourth-order valence-electron chi connectivity index (χ4n) is 4.85. The van der Waals surface area contributed by atoms with Crippen LogP contribution in [0, 0.1) is 5.92 Å². The molecule has 0 spiro atoms. The van der Waals surface area contributed by atoms with Gasteiger partial charge in [0.25, 0.3) is 0 Å². The van der Waals surface area contributed by atoms with Crippen LogP contribution >= 0.6 is 11.8 Å². The predicted octanol–water partition coefficient (Wildman–Crippen LogP) is 5.88. The van der Waals surface area contributed by atoms with Crippen molar-refractivity contribution in [2.24, 2.45) is 5.92 Å². The summed E-state index contributed by atoms with van der Waals surface area (Å²) in [5.74, 6) is 0.517. The average Bonchev–Trinajstić information content (AvgIpc) is 3.21. The number of nitrogens with one attached hydrogen (secondary N) is 1. The number of carbonyl (C=O) groups excluding carboxylic acids is 1. The lowest BCUT2D eigenvalue weighted by atomic mass is 9.99. The van der Waals surface area contributed by atoms with Crippen molar-refractivity contribution in [1.82, 2.24) is 9.88 Å². The Morgan fingerprint density at radius 1 is 1.09 bits per heavy atom. The van der Waals surface area contributed by atoms with Crippen LogP contribution in [-0.2, 0) is 23.8 Å². The maximum absolute atomic E-state index is 14.0. The number of anilines is 1. The van der Waals surface area contributed by atoms with Crippen LogP contribution in [-0.4, -0.2) is 46.6 Å². The molecular formula is C24H25F6N3OS. The van der Waals surface area contributed by atoms with E-state index >= 15 is 0 Å². The first kappa shape index (κ1) is 25.7. The van der Waals surface area contributed by atoms with Crippen molar-refractivity contribution < 1.29 is 31.1 Å². The highest BCUT2D eigenvalue weighted by Gasteiger charge is 2.47. The Kier molecular flexibility index (Phi) is 7.26. The lowest BCUT2D eigenvalue weighted by Crippen LogP contribution is -2.43. The van der Waals surface area contributed by atoms with Crippen LogP contribution in [0.1, 0.15) is 41.3 Å². The molecule has 11 heteroatoms. The summed E-state index contributed by atoms with van der Waals surface area (Å²) in [5, 5.41) is 3.08. The molecule has 2 aromatic rings. The average molecular weight is 518 g/mol. The number of carbonyl (C=O) groups is 1. The highest BCUT2D eigenvalue weighted by atomic mass is 32.2. The quantitative estimate of drug-likeness (QED) is 0.503.